The van der Waals surface area contributed by atoms with Crippen LogP contribution in [0.1, 0.15) is 53.4 Å². The van der Waals surface area contributed by atoms with Crippen molar-refractivity contribution >= 4 is 6.09 Å². The molecule has 0 radical (unpaired) electrons. The largest absolute Gasteiger partial charge is 0.444 e. The second-order valence-corrected chi connectivity index (χ2v) is 6.12. The minimum atomic E-state index is -0.414. The molecule has 1 aliphatic heterocycles. The summed E-state index contributed by atoms with van der Waals surface area (Å²) in [4.78, 5) is 11.4. The van der Waals surface area contributed by atoms with E-state index < -0.39 is 5.60 Å². The highest BCUT2D eigenvalue weighted by Crippen LogP contribution is 2.23. The standard InChI is InChI=1S/C13H26N2O2/c1-12(2,3)17-11(16)14-9-5-7-13(4)8-6-10-15-13/h15H,5-10H2,1-4H3,(H,14,16)/t13-/m0/s1. The zero-order valence-corrected chi connectivity index (χ0v) is 11.6. The summed E-state index contributed by atoms with van der Waals surface area (Å²) in [6, 6.07) is 0. The van der Waals surface area contributed by atoms with Gasteiger partial charge >= 0.3 is 6.09 Å². The molecule has 4 nitrogen and oxygen atoms in total. The highest BCUT2D eigenvalue weighted by molar-refractivity contribution is 5.67. The van der Waals surface area contributed by atoms with E-state index in [1.54, 1.807) is 0 Å². The van der Waals surface area contributed by atoms with Crippen molar-refractivity contribution in [2.45, 2.75) is 64.5 Å². The number of nitrogens with one attached hydrogen (secondary N) is 2. The summed E-state index contributed by atoms with van der Waals surface area (Å²) in [5, 5.41) is 6.31. The van der Waals surface area contributed by atoms with Gasteiger partial charge in [-0.05, 0) is 59.9 Å². The van der Waals surface area contributed by atoms with E-state index in [-0.39, 0.29) is 11.6 Å². The van der Waals surface area contributed by atoms with Crippen LogP contribution in [0.3, 0.4) is 0 Å². The summed E-state index contributed by atoms with van der Waals surface area (Å²) in [6.45, 7) is 9.68. The fourth-order valence-corrected chi connectivity index (χ4v) is 2.15. The molecule has 0 bridgehead atoms. The number of carbonyl (C=O) groups excluding carboxylic acids is 1. The molecule has 1 heterocycles. The SMILES string of the molecule is CC(C)(C)OC(=O)NCCC[C@@]1(C)CCCN1. The summed E-state index contributed by atoms with van der Waals surface area (Å²) in [5.41, 5.74) is -0.140. The minimum Gasteiger partial charge on any atom is -0.444 e. The van der Waals surface area contributed by atoms with Gasteiger partial charge in [0.1, 0.15) is 5.60 Å². The van der Waals surface area contributed by atoms with E-state index in [2.05, 4.69) is 17.6 Å². The molecule has 4 heteroatoms. The van der Waals surface area contributed by atoms with Crippen molar-refractivity contribution < 1.29 is 9.53 Å². The van der Waals surface area contributed by atoms with Crippen molar-refractivity contribution in [3.8, 4) is 0 Å². The number of carbonyl (C=O) groups is 1. The van der Waals surface area contributed by atoms with Crippen LogP contribution in [0.4, 0.5) is 4.79 Å². The maximum Gasteiger partial charge on any atom is 0.407 e. The Morgan fingerprint density at radius 1 is 1.47 bits per heavy atom. The van der Waals surface area contributed by atoms with Crippen LogP contribution in [0, 0.1) is 0 Å². The number of hydrogen-bond donors (Lipinski definition) is 2. The fraction of sp³-hybridized carbons (Fsp3) is 0.923. The van der Waals surface area contributed by atoms with E-state index in [0.717, 1.165) is 19.4 Å². The van der Waals surface area contributed by atoms with Crippen molar-refractivity contribution in [3.63, 3.8) is 0 Å². The van der Waals surface area contributed by atoms with Crippen LogP contribution in [-0.4, -0.2) is 30.3 Å². The van der Waals surface area contributed by atoms with E-state index in [1.807, 2.05) is 20.8 Å². The molecule has 0 aliphatic carbocycles. The third-order valence-electron chi connectivity index (χ3n) is 3.03. The fourth-order valence-electron chi connectivity index (χ4n) is 2.15. The Hall–Kier alpha value is -0.770. The average molecular weight is 242 g/mol. The maximum absolute atomic E-state index is 11.4. The maximum atomic E-state index is 11.4. The molecule has 0 unspecified atom stereocenters. The molecule has 0 aromatic heterocycles. The van der Waals surface area contributed by atoms with E-state index >= 15 is 0 Å². The lowest BCUT2D eigenvalue weighted by molar-refractivity contribution is 0.0526. The number of alkyl carbamates (subject to hydrolysis) is 1. The Kier molecular flexibility index (Phi) is 4.80. The van der Waals surface area contributed by atoms with Gasteiger partial charge in [-0.25, -0.2) is 4.79 Å². The van der Waals surface area contributed by atoms with Gasteiger partial charge in [0.25, 0.3) is 0 Å². The van der Waals surface area contributed by atoms with E-state index in [9.17, 15) is 4.79 Å². The average Bonchev–Trinajstić information content (AvgIpc) is 2.58. The Bertz CT molecular complexity index is 253. The lowest BCUT2D eigenvalue weighted by Gasteiger charge is -2.24. The number of amides is 1. The van der Waals surface area contributed by atoms with Crippen LogP contribution in [0.25, 0.3) is 0 Å². The Morgan fingerprint density at radius 3 is 2.71 bits per heavy atom. The number of rotatable bonds is 4. The molecule has 1 fully saturated rings. The highest BCUT2D eigenvalue weighted by atomic mass is 16.6. The molecule has 1 saturated heterocycles. The summed E-state index contributed by atoms with van der Waals surface area (Å²) < 4.78 is 5.17. The molecule has 1 aliphatic rings. The van der Waals surface area contributed by atoms with Crippen LogP contribution in [0.2, 0.25) is 0 Å². The monoisotopic (exact) mass is 242 g/mol. The van der Waals surface area contributed by atoms with Gasteiger partial charge in [0.15, 0.2) is 0 Å². The first-order valence-electron chi connectivity index (χ1n) is 6.53. The summed E-state index contributed by atoms with van der Waals surface area (Å²) >= 11 is 0. The number of hydrogen-bond acceptors (Lipinski definition) is 3. The van der Waals surface area contributed by atoms with E-state index in [1.165, 1.54) is 12.8 Å². The third kappa shape index (κ3) is 5.91. The third-order valence-corrected chi connectivity index (χ3v) is 3.03. The zero-order valence-electron chi connectivity index (χ0n) is 11.6. The predicted octanol–water partition coefficient (Wildman–Crippen LogP) is 2.43. The molecule has 0 saturated carbocycles. The predicted molar refractivity (Wildman–Crippen MR) is 69.1 cm³/mol. The lowest BCUT2D eigenvalue weighted by atomic mass is 9.94. The Morgan fingerprint density at radius 2 is 2.18 bits per heavy atom. The Balaban J connectivity index is 2.10. The second kappa shape index (κ2) is 5.71. The molecule has 0 aromatic carbocycles. The van der Waals surface area contributed by atoms with E-state index in [0.29, 0.717) is 6.54 Å². The molecule has 1 rings (SSSR count). The zero-order chi connectivity index (χ0) is 12.9. The van der Waals surface area contributed by atoms with Gasteiger partial charge in [-0.15, -0.1) is 0 Å². The number of ether oxygens (including phenoxy) is 1. The molecule has 0 aromatic rings. The van der Waals surface area contributed by atoms with Crippen LogP contribution in [-0.2, 0) is 4.74 Å². The van der Waals surface area contributed by atoms with Gasteiger partial charge < -0.3 is 15.4 Å². The van der Waals surface area contributed by atoms with Crippen molar-refractivity contribution in [2.24, 2.45) is 0 Å². The van der Waals surface area contributed by atoms with Crippen LogP contribution < -0.4 is 10.6 Å². The molecule has 1 amide bonds. The van der Waals surface area contributed by atoms with Gasteiger partial charge in [-0.2, -0.15) is 0 Å². The summed E-state index contributed by atoms with van der Waals surface area (Å²) in [6.07, 6.45) is 4.27. The van der Waals surface area contributed by atoms with Crippen molar-refractivity contribution in [1.29, 1.82) is 0 Å². The smallest absolute Gasteiger partial charge is 0.407 e. The first-order chi connectivity index (χ1) is 7.81. The second-order valence-electron chi connectivity index (χ2n) is 6.12. The highest BCUT2D eigenvalue weighted by Gasteiger charge is 2.27. The molecular formula is C13H26N2O2. The molecular weight excluding hydrogens is 216 g/mol. The van der Waals surface area contributed by atoms with Gasteiger partial charge in [0.05, 0.1) is 0 Å². The molecule has 17 heavy (non-hydrogen) atoms. The van der Waals surface area contributed by atoms with Crippen molar-refractivity contribution in [3.05, 3.63) is 0 Å². The first kappa shape index (κ1) is 14.3. The normalized spacial score (nSPS) is 24.7. The quantitative estimate of drug-likeness (QED) is 0.744. The summed E-state index contributed by atoms with van der Waals surface area (Å²) in [7, 11) is 0. The first-order valence-corrected chi connectivity index (χ1v) is 6.53. The molecule has 1 atom stereocenters. The van der Waals surface area contributed by atoms with Crippen LogP contribution in [0.5, 0.6) is 0 Å². The van der Waals surface area contributed by atoms with E-state index in [4.69, 9.17) is 4.74 Å². The van der Waals surface area contributed by atoms with Crippen LogP contribution in [0.15, 0.2) is 0 Å². The molecule has 0 spiro atoms. The van der Waals surface area contributed by atoms with Crippen molar-refractivity contribution in [1.82, 2.24) is 10.6 Å². The lowest BCUT2D eigenvalue weighted by Crippen LogP contribution is -2.38. The minimum absolute atomic E-state index is 0.273. The van der Waals surface area contributed by atoms with Gasteiger partial charge in [0.2, 0.25) is 0 Å². The molecule has 2 N–H and O–H groups in total. The van der Waals surface area contributed by atoms with Gasteiger partial charge in [-0.1, -0.05) is 0 Å². The Labute approximate surface area is 104 Å². The van der Waals surface area contributed by atoms with Crippen LogP contribution >= 0.6 is 0 Å². The van der Waals surface area contributed by atoms with Gasteiger partial charge in [0, 0.05) is 12.1 Å². The topological polar surface area (TPSA) is 50.4 Å². The van der Waals surface area contributed by atoms with Crippen molar-refractivity contribution in [2.75, 3.05) is 13.1 Å². The van der Waals surface area contributed by atoms with Gasteiger partial charge in [-0.3, -0.25) is 0 Å². The molecule has 100 valence electrons. The summed E-state index contributed by atoms with van der Waals surface area (Å²) in [5.74, 6) is 0.